The Morgan fingerprint density at radius 3 is 2.19 bits per heavy atom. The van der Waals surface area contributed by atoms with Gasteiger partial charge in [0.2, 0.25) is 5.91 Å². The summed E-state index contributed by atoms with van der Waals surface area (Å²) in [5.41, 5.74) is 0.870. The Kier molecular flexibility index (Phi) is 5.80. The summed E-state index contributed by atoms with van der Waals surface area (Å²) in [5.74, 6) is -0.901. The molecule has 0 bridgehead atoms. The van der Waals surface area contributed by atoms with E-state index in [1.807, 2.05) is 46.8 Å². The maximum atomic E-state index is 12.4. The predicted molar refractivity (Wildman–Crippen MR) is 85.7 cm³/mol. The third-order valence-corrected chi connectivity index (χ3v) is 4.27. The fourth-order valence-electron chi connectivity index (χ4n) is 2.04. The van der Waals surface area contributed by atoms with Crippen LogP contribution in [0.5, 0.6) is 0 Å². The Morgan fingerprint density at radius 2 is 1.76 bits per heavy atom. The van der Waals surface area contributed by atoms with Crippen LogP contribution >= 0.6 is 11.6 Å². The highest BCUT2D eigenvalue weighted by Crippen LogP contribution is 2.32. The first-order valence-electron chi connectivity index (χ1n) is 7.12. The molecule has 1 aromatic carbocycles. The number of nitrogens with one attached hydrogen (secondary N) is 1. The molecule has 4 heteroatoms. The highest BCUT2D eigenvalue weighted by atomic mass is 35.5. The molecule has 0 spiro atoms. The molecule has 0 fully saturated rings. The molecule has 1 aromatic rings. The highest BCUT2D eigenvalue weighted by molar-refractivity contribution is 6.30. The first-order chi connectivity index (χ1) is 9.66. The molecule has 1 N–H and O–H groups in total. The van der Waals surface area contributed by atoms with Gasteiger partial charge in [0.1, 0.15) is 5.92 Å². The lowest BCUT2D eigenvalue weighted by Crippen LogP contribution is -2.38. The molecule has 1 rings (SSSR count). The summed E-state index contributed by atoms with van der Waals surface area (Å²) in [6, 6.07) is 9.32. The van der Waals surface area contributed by atoms with Crippen molar-refractivity contribution in [2.45, 2.75) is 40.7 Å². The van der Waals surface area contributed by atoms with E-state index in [1.165, 1.54) is 0 Å². The quantitative estimate of drug-likeness (QED) is 0.899. The zero-order valence-electron chi connectivity index (χ0n) is 13.3. The molecule has 0 aliphatic rings. The van der Waals surface area contributed by atoms with E-state index in [2.05, 4.69) is 11.4 Å². The molecule has 114 valence electrons. The van der Waals surface area contributed by atoms with E-state index in [0.717, 1.165) is 5.56 Å². The van der Waals surface area contributed by atoms with Crippen molar-refractivity contribution in [1.82, 2.24) is 5.32 Å². The minimum Gasteiger partial charge on any atom is -0.348 e. The molecule has 0 aliphatic heterocycles. The third kappa shape index (κ3) is 4.75. The van der Waals surface area contributed by atoms with E-state index in [-0.39, 0.29) is 23.3 Å². The molecule has 0 aromatic heterocycles. The van der Waals surface area contributed by atoms with E-state index in [9.17, 15) is 10.1 Å². The molecule has 3 nitrogen and oxygen atoms in total. The molecule has 21 heavy (non-hydrogen) atoms. The van der Waals surface area contributed by atoms with Crippen LogP contribution < -0.4 is 5.32 Å². The van der Waals surface area contributed by atoms with E-state index in [4.69, 9.17) is 11.6 Å². The maximum absolute atomic E-state index is 12.4. The van der Waals surface area contributed by atoms with Gasteiger partial charge in [-0.05, 0) is 36.0 Å². The smallest absolute Gasteiger partial charge is 0.238 e. The summed E-state index contributed by atoms with van der Waals surface area (Å²) in [6.07, 6.45) is 0. The second kappa shape index (κ2) is 6.95. The Morgan fingerprint density at radius 1 is 1.24 bits per heavy atom. The molecular formula is C17H23ClN2O. The minimum atomic E-state index is -0.653. The minimum absolute atomic E-state index is 0.0279. The van der Waals surface area contributed by atoms with Gasteiger partial charge < -0.3 is 5.32 Å². The predicted octanol–water partition coefficient (Wildman–Crippen LogP) is 4.34. The van der Waals surface area contributed by atoms with Crippen molar-refractivity contribution < 1.29 is 4.79 Å². The molecule has 0 aliphatic carbocycles. The molecule has 3 atom stereocenters. The molecule has 1 amide bonds. The highest BCUT2D eigenvalue weighted by Gasteiger charge is 2.33. The fraction of sp³-hybridized carbons (Fsp3) is 0.529. The normalized spacial score (nSPS) is 15.7. The third-order valence-electron chi connectivity index (χ3n) is 4.02. The van der Waals surface area contributed by atoms with Crippen LogP contribution in [0.3, 0.4) is 0 Å². The van der Waals surface area contributed by atoms with E-state index < -0.39 is 5.92 Å². The van der Waals surface area contributed by atoms with Crippen molar-refractivity contribution in [3.05, 3.63) is 34.9 Å². The molecule has 0 radical (unpaired) electrons. The average Bonchev–Trinajstić information content (AvgIpc) is 2.38. The van der Waals surface area contributed by atoms with E-state index in [1.54, 1.807) is 12.1 Å². The Balaban J connectivity index is 2.79. The SMILES string of the molecule is CC(C(C#N)C(=O)N[C@H](C)c1ccc(Cl)cc1)C(C)(C)C. The average molecular weight is 307 g/mol. The number of carbonyl (C=O) groups is 1. The number of nitrogens with zero attached hydrogens (tertiary/aromatic N) is 1. The fourth-order valence-corrected chi connectivity index (χ4v) is 2.16. The standard InChI is InChI=1S/C17H23ClN2O/c1-11(17(3,4)5)15(10-19)16(21)20-12(2)13-6-8-14(18)9-7-13/h6-9,11-12,15H,1-5H3,(H,20,21)/t11?,12-,15?/m1/s1. The van der Waals surface area contributed by atoms with Crippen LogP contribution in [0.4, 0.5) is 0 Å². The van der Waals surface area contributed by atoms with Crippen LogP contribution in [0, 0.1) is 28.6 Å². The second-order valence-corrected chi connectivity index (χ2v) is 6.98. The van der Waals surface area contributed by atoms with Gasteiger partial charge in [-0.2, -0.15) is 5.26 Å². The Bertz CT molecular complexity index is 525. The van der Waals surface area contributed by atoms with Crippen molar-refractivity contribution in [1.29, 1.82) is 5.26 Å². The topological polar surface area (TPSA) is 52.9 Å². The summed E-state index contributed by atoms with van der Waals surface area (Å²) in [4.78, 5) is 12.4. The summed E-state index contributed by atoms with van der Waals surface area (Å²) < 4.78 is 0. The van der Waals surface area contributed by atoms with Gasteiger partial charge in [0.05, 0.1) is 12.1 Å². The van der Waals surface area contributed by atoms with Crippen LogP contribution in [0.15, 0.2) is 24.3 Å². The summed E-state index contributed by atoms with van der Waals surface area (Å²) in [7, 11) is 0. The number of halogens is 1. The zero-order chi connectivity index (χ0) is 16.2. The van der Waals surface area contributed by atoms with Gasteiger partial charge in [-0.15, -0.1) is 0 Å². The van der Waals surface area contributed by atoms with Crippen molar-refractivity contribution >= 4 is 17.5 Å². The van der Waals surface area contributed by atoms with E-state index in [0.29, 0.717) is 5.02 Å². The van der Waals surface area contributed by atoms with Crippen molar-refractivity contribution in [3.63, 3.8) is 0 Å². The number of hydrogen-bond acceptors (Lipinski definition) is 2. The van der Waals surface area contributed by atoms with E-state index >= 15 is 0 Å². The van der Waals surface area contributed by atoms with Gasteiger partial charge in [-0.25, -0.2) is 0 Å². The van der Waals surface area contributed by atoms with Crippen LogP contribution in [-0.2, 0) is 4.79 Å². The van der Waals surface area contributed by atoms with Crippen molar-refractivity contribution in [3.8, 4) is 6.07 Å². The van der Waals surface area contributed by atoms with Crippen LogP contribution in [0.2, 0.25) is 5.02 Å². The zero-order valence-corrected chi connectivity index (χ0v) is 14.0. The van der Waals surface area contributed by atoms with Crippen LogP contribution in [-0.4, -0.2) is 5.91 Å². The van der Waals surface area contributed by atoms with Gasteiger partial charge in [-0.3, -0.25) is 4.79 Å². The maximum Gasteiger partial charge on any atom is 0.238 e. The molecular weight excluding hydrogens is 284 g/mol. The lowest BCUT2D eigenvalue weighted by atomic mass is 9.74. The first-order valence-corrected chi connectivity index (χ1v) is 7.50. The number of carbonyl (C=O) groups excluding carboxylic acids is 1. The first kappa shape index (κ1) is 17.5. The van der Waals surface area contributed by atoms with Gasteiger partial charge in [0.25, 0.3) is 0 Å². The van der Waals surface area contributed by atoms with Crippen LogP contribution in [0.1, 0.15) is 46.2 Å². The van der Waals surface area contributed by atoms with Crippen molar-refractivity contribution in [2.24, 2.45) is 17.3 Å². The van der Waals surface area contributed by atoms with Crippen molar-refractivity contribution in [2.75, 3.05) is 0 Å². The lowest BCUT2D eigenvalue weighted by molar-refractivity contribution is -0.126. The monoisotopic (exact) mass is 306 g/mol. The van der Waals surface area contributed by atoms with Gasteiger partial charge >= 0.3 is 0 Å². The Hall–Kier alpha value is -1.53. The number of rotatable bonds is 4. The van der Waals surface area contributed by atoms with Gasteiger partial charge in [-0.1, -0.05) is 51.4 Å². The number of hydrogen-bond donors (Lipinski definition) is 1. The molecule has 0 saturated heterocycles. The molecule has 0 saturated carbocycles. The summed E-state index contributed by atoms with van der Waals surface area (Å²) >= 11 is 5.86. The number of amides is 1. The Labute approximate surface area is 132 Å². The number of nitriles is 1. The molecule has 2 unspecified atom stereocenters. The van der Waals surface area contributed by atoms with Gasteiger partial charge in [0, 0.05) is 5.02 Å². The summed E-state index contributed by atoms with van der Waals surface area (Å²) in [5, 5.41) is 12.9. The van der Waals surface area contributed by atoms with Crippen LogP contribution in [0.25, 0.3) is 0 Å². The number of benzene rings is 1. The summed E-state index contributed by atoms with van der Waals surface area (Å²) in [6.45, 7) is 9.96. The van der Waals surface area contributed by atoms with Gasteiger partial charge in [0.15, 0.2) is 0 Å². The largest absolute Gasteiger partial charge is 0.348 e. The lowest BCUT2D eigenvalue weighted by Gasteiger charge is -2.30. The second-order valence-electron chi connectivity index (χ2n) is 6.54. The molecule has 0 heterocycles.